The van der Waals surface area contributed by atoms with Crippen molar-refractivity contribution in [2.75, 3.05) is 0 Å². The number of rotatable bonds is 1. The van der Waals surface area contributed by atoms with Crippen molar-refractivity contribution in [2.24, 2.45) is 0 Å². The van der Waals surface area contributed by atoms with Gasteiger partial charge in [0.2, 0.25) is 5.43 Å². The van der Waals surface area contributed by atoms with Crippen molar-refractivity contribution in [3.8, 4) is 4.90 Å². The van der Waals surface area contributed by atoms with E-state index in [9.17, 15) is 22.1 Å². The predicted molar refractivity (Wildman–Crippen MR) is 160 cm³/mol. The highest BCUT2D eigenvalue weighted by Crippen LogP contribution is 2.42. The Labute approximate surface area is 229 Å². The lowest BCUT2D eigenvalue weighted by Gasteiger charge is -2.02. The van der Waals surface area contributed by atoms with E-state index in [-0.39, 0.29) is 15.9 Å². The van der Waals surface area contributed by atoms with E-state index in [0.29, 0.717) is 0 Å². The number of hydrogen-bond donors (Lipinski definition) is 0. The molecule has 0 atom stereocenters. The van der Waals surface area contributed by atoms with Gasteiger partial charge in [-0.25, -0.2) is 4.42 Å². The third kappa shape index (κ3) is 6.19. The van der Waals surface area contributed by atoms with E-state index >= 15 is 0 Å². The summed E-state index contributed by atoms with van der Waals surface area (Å²) in [4.78, 5) is 13.9. The van der Waals surface area contributed by atoms with Gasteiger partial charge in [0.1, 0.15) is 0 Å². The normalized spacial score (nSPS) is 11.1. The third-order valence-electron chi connectivity index (χ3n) is 6.05. The van der Waals surface area contributed by atoms with Gasteiger partial charge in [0, 0.05) is 22.6 Å². The Hall–Kier alpha value is -4.56. The molecule has 0 aliphatic carbocycles. The maximum atomic E-state index is 12.7. The lowest BCUT2D eigenvalue weighted by atomic mass is 10.1. The van der Waals surface area contributed by atoms with Gasteiger partial charge in [-0.2, -0.15) is 0 Å². The van der Waals surface area contributed by atoms with E-state index in [1.54, 1.807) is 0 Å². The van der Waals surface area contributed by atoms with Gasteiger partial charge in [0.25, 0.3) is 0 Å². The second-order valence-corrected chi connectivity index (χ2v) is 10.7. The fourth-order valence-corrected chi connectivity index (χ4v) is 6.77. The Morgan fingerprint density at radius 3 is 1.43 bits per heavy atom. The summed E-state index contributed by atoms with van der Waals surface area (Å²) in [6.07, 6.45) is 0. The van der Waals surface area contributed by atoms with Crippen molar-refractivity contribution < 1.29 is 21.7 Å². The number of halogens is 4. The molecule has 0 aliphatic heterocycles. The van der Waals surface area contributed by atoms with E-state index in [1.165, 1.54) is 4.90 Å². The molecule has 2 nitrogen and oxygen atoms in total. The van der Waals surface area contributed by atoms with Crippen molar-refractivity contribution in [2.45, 2.75) is 0 Å². The molecule has 5 aromatic carbocycles. The first-order valence-corrected chi connectivity index (χ1v) is 13.6. The molecule has 0 saturated heterocycles. The van der Waals surface area contributed by atoms with Gasteiger partial charge in [-0.05, 0) is 54.6 Å². The summed E-state index contributed by atoms with van der Waals surface area (Å²) in [5.74, 6) is 0. The van der Waals surface area contributed by atoms with Crippen LogP contribution >= 0.6 is 10.5 Å². The number of benzene rings is 5. The van der Waals surface area contributed by atoms with E-state index in [0.717, 1.165) is 42.1 Å². The molecular weight excluding hydrogens is 535 g/mol. The van der Waals surface area contributed by atoms with Crippen LogP contribution in [0.3, 0.4) is 0 Å². The van der Waals surface area contributed by atoms with E-state index in [4.69, 9.17) is 4.42 Å². The first-order valence-electron chi connectivity index (χ1n) is 12.4. The van der Waals surface area contributed by atoms with Gasteiger partial charge >= 0.3 is 18.4 Å². The minimum atomic E-state index is -6.00. The van der Waals surface area contributed by atoms with Crippen molar-refractivity contribution in [1.82, 2.24) is 0 Å². The maximum absolute atomic E-state index is 12.7. The van der Waals surface area contributed by atoms with Crippen LogP contribution in [0, 0.1) is 0 Å². The molecule has 0 saturated carbocycles. The first-order chi connectivity index (χ1) is 19.3. The quantitative estimate of drug-likeness (QED) is 0.0870. The Bertz CT molecular complexity index is 1820. The zero-order valence-electron chi connectivity index (χ0n) is 21.0. The molecule has 2 heterocycles. The number of fused-ring (bicyclic) bond motifs is 4. The zero-order valence-corrected chi connectivity index (χ0v) is 21.8. The highest BCUT2D eigenvalue weighted by atomic mass is 32.2. The summed E-state index contributed by atoms with van der Waals surface area (Å²) in [6, 6.07) is 44.7. The lowest BCUT2D eigenvalue weighted by molar-refractivity contribution is 0.368. The van der Waals surface area contributed by atoms with Crippen LogP contribution in [0.5, 0.6) is 0 Å². The Balaban J connectivity index is 0.000000146. The molecule has 0 spiro atoms. The minimum Gasteiger partial charge on any atom is -0.418 e. The second kappa shape index (κ2) is 11.7. The Kier molecular flexibility index (Phi) is 7.89. The van der Waals surface area contributed by atoms with Gasteiger partial charge in [-0.15, -0.1) is 0 Å². The Morgan fingerprint density at radius 1 is 0.525 bits per heavy atom. The molecule has 7 aromatic rings. The third-order valence-corrected chi connectivity index (χ3v) is 8.39. The summed E-state index contributed by atoms with van der Waals surface area (Å²) >= 11 is 0. The molecule has 198 valence electrons. The van der Waals surface area contributed by atoms with Crippen LogP contribution in [0.15, 0.2) is 143 Å². The summed E-state index contributed by atoms with van der Waals surface area (Å²) < 4.78 is 47.0. The maximum Gasteiger partial charge on any atom is 0.673 e. The highest BCUT2D eigenvalue weighted by Gasteiger charge is 2.22. The van der Waals surface area contributed by atoms with Crippen LogP contribution in [0.1, 0.15) is 0 Å². The fraction of sp³-hybridized carbons (Fsp3) is 0. The summed E-state index contributed by atoms with van der Waals surface area (Å²) in [6.45, 7) is 0. The van der Waals surface area contributed by atoms with Crippen LogP contribution in [-0.4, -0.2) is 7.25 Å². The average Bonchev–Trinajstić information content (AvgIpc) is 2.96. The molecule has 8 heteroatoms. The van der Waals surface area contributed by atoms with Gasteiger partial charge in [0.05, 0.1) is 21.5 Å². The topological polar surface area (TPSA) is 28.4 Å². The molecule has 0 N–H and O–H groups in total. The molecule has 0 amide bonds. The first kappa shape index (κ1) is 27.0. The van der Waals surface area contributed by atoms with Crippen molar-refractivity contribution in [3.05, 3.63) is 144 Å². The minimum absolute atomic E-state index is 0.140. The molecule has 0 radical (unpaired) electrons. The van der Waals surface area contributed by atoms with Gasteiger partial charge in [-0.1, -0.05) is 66.7 Å². The van der Waals surface area contributed by atoms with Gasteiger partial charge in [-0.3, -0.25) is 4.79 Å². The number of para-hydroxylation sites is 2. The van der Waals surface area contributed by atoms with Crippen LogP contribution in [-0.2, 0) is 0 Å². The van der Waals surface area contributed by atoms with Crippen LogP contribution in [0.25, 0.3) is 47.0 Å². The highest BCUT2D eigenvalue weighted by molar-refractivity contribution is 7.49. The Morgan fingerprint density at radius 2 is 0.925 bits per heavy atom. The predicted octanol–water partition coefficient (Wildman–Crippen LogP) is 10.3. The zero-order chi connectivity index (χ0) is 28.1. The van der Waals surface area contributed by atoms with Gasteiger partial charge < -0.3 is 17.3 Å². The average molecular weight is 557 g/mol. The molecule has 2 aromatic heterocycles. The molecule has 0 unspecified atom stereocenters. The largest absolute Gasteiger partial charge is 0.673 e. The molecule has 0 fully saturated rings. The monoisotopic (exact) mass is 557 g/mol. The van der Waals surface area contributed by atoms with E-state index < -0.39 is 7.25 Å². The van der Waals surface area contributed by atoms with Crippen LogP contribution < -0.4 is 5.43 Å². The van der Waals surface area contributed by atoms with Crippen molar-refractivity contribution in [3.63, 3.8) is 0 Å². The van der Waals surface area contributed by atoms with Crippen LogP contribution in [0.2, 0.25) is 0 Å². The summed E-state index contributed by atoms with van der Waals surface area (Å²) in [5.41, 5.74) is 2.01. The van der Waals surface area contributed by atoms with E-state index in [2.05, 4.69) is 54.6 Å². The molecular formula is C32H22BF4O2S+. The van der Waals surface area contributed by atoms with Gasteiger partial charge in [0.15, 0.2) is 14.3 Å². The van der Waals surface area contributed by atoms with Crippen LogP contribution in [0.4, 0.5) is 17.3 Å². The summed E-state index contributed by atoms with van der Waals surface area (Å²) in [7, 11) is -6.20. The SMILES string of the molecule is F[B-](F)(F)F.O=c1c2ccccc2[s+](-c2ccccc2)c2ccccc12.c1ccc2[o+]c3ccccc3cc2c1. The van der Waals surface area contributed by atoms with Crippen molar-refractivity contribution in [1.29, 1.82) is 0 Å². The fourth-order valence-electron chi connectivity index (χ4n) is 4.41. The number of hydrogen-bond acceptors (Lipinski definition) is 1. The molecule has 40 heavy (non-hydrogen) atoms. The van der Waals surface area contributed by atoms with E-state index in [1.807, 2.05) is 78.9 Å². The standard InChI is InChI=1S/C19H13OS.C13H9O.BF4/c20-19-15-10-4-6-12-17(15)21(14-8-2-1-3-9-14)18-13-7-5-11-16(18)19;1-3-7-12-10(5-1)9-11-6-2-4-8-13(11)14-12;2-1(3,4)5/h1-13H;1-9H;/q2*+1;-1. The molecule has 0 aliphatic rings. The molecule has 0 bridgehead atoms. The second-order valence-electron chi connectivity index (χ2n) is 8.76. The smallest absolute Gasteiger partial charge is 0.418 e. The molecule has 7 rings (SSSR count). The lowest BCUT2D eigenvalue weighted by Crippen LogP contribution is -2.02. The van der Waals surface area contributed by atoms with Crippen molar-refractivity contribution >= 4 is 59.8 Å². The summed E-state index contributed by atoms with van der Waals surface area (Å²) in [5, 5.41) is 3.96.